The highest BCUT2D eigenvalue weighted by atomic mass is 31.1. The van der Waals surface area contributed by atoms with Crippen LogP contribution in [-0.2, 0) is 19.2 Å². The van der Waals surface area contributed by atoms with Gasteiger partial charge in [-0.1, -0.05) is 60.7 Å². The maximum absolute atomic E-state index is 11.7. The number of hydrogen-bond acceptors (Lipinski definition) is 4. The second kappa shape index (κ2) is 8.19. The quantitative estimate of drug-likeness (QED) is 0.477. The van der Waals surface area contributed by atoms with Gasteiger partial charge in [0, 0.05) is 5.30 Å². The zero-order valence-corrected chi connectivity index (χ0v) is 14.8. The van der Waals surface area contributed by atoms with Crippen molar-refractivity contribution >= 4 is 47.6 Å². The van der Waals surface area contributed by atoms with Crippen molar-refractivity contribution in [1.82, 2.24) is 0 Å². The molecule has 0 bridgehead atoms. The second-order valence-electron chi connectivity index (χ2n) is 5.48. The molecule has 0 fully saturated rings. The first-order chi connectivity index (χ1) is 13.2. The Kier molecular flexibility index (Phi) is 5.53. The molecule has 3 aromatic carbocycles. The SMILES string of the molecule is O=C=c1cc(P(c2ccccc2)c2ccccc2)c(=C=O)c(=C=O)c1=C=O. The molecular formula is C22H11O4P. The summed E-state index contributed by atoms with van der Waals surface area (Å²) >= 11 is 0. The summed E-state index contributed by atoms with van der Waals surface area (Å²) in [5.41, 5.74) is 0. The van der Waals surface area contributed by atoms with Gasteiger partial charge in [-0.05, 0) is 24.6 Å². The molecule has 128 valence electrons. The van der Waals surface area contributed by atoms with E-state index in [1.165, 1.54) is 12.0 Å². The van der Waals surface area contributed by atoms with E-state index in [4.69, 9.17) is 0 Å². The van der Waals surface area contributed by atoms with Crippen LogP contribution in [0.15, 0.2) is 66.7 Å². The molecule has 0 saturated heterocycles. The molecule has 3 rings (SSSR count). The van der Waals surface area contributed by atoms with E-state index in [0.717, 1.165) is 10.6 Å². The summed E-state index contributed by atoms with van der Waals surface area (Å²) in [5.74, 6) is 6.55. The Hall–Kier alpha value is -3.59. The van der Waals surface area contributed by atoms with Gasteiger partial charge in [0.1, 0.15) is 23.8 Å². The molecule has 3 aromatic rings. The Bertz CT molecular complexity index is 1290. The third kappa shape index (κ3) is 3.40. The Morgan fingerprint density at radius 3 is 1.44 bits per heavy atom. The minimum absolute atomic E-state index is 0.0823. The van der Waals surface area contributed by atoms with E-state index >= 15 is 0 Å². The molecule has 0 saturated carbocycles. The topological polar surface area (TPSA) is 68.3 Å². The maximum Gasteiger partial charge on any atom is 0.135 e. The normalized spacial score (nSPS) is 9.81. The Balaban J connectivity index is 2.57. The van der Waals surface area contributed by atoms with Gasteiger partial charge in [0.05, 0.1) is 20.9 Å². The molecular weight excluding hydrogens is 359 g/mol. The Morgan fingerprint density at radius 2 is 1.04 bits per heavy atom. The van der Waals surface area contributed by atoms with Gasteiger partial charge in [0.2, 0.25) is 0 Å². The summed E-state index contributed by atoms with van der Waals surface area (Å²) in [6.45, 7) is 0. The molecule has 5 heteroatoms. The number of carbonyl (C=O) groups excluding carboxylic acids is 4. The fourth-order valence-electron chi connectivity index (χ4n) is 2.82. The average Bonchev–Trinajstić information content (AvgIpc) is 2.74. The number of rotatable bonds is 3. The molecule has 0 atom stereocenters. The Labute approximate surface area is 154 Å². The fraction of sp³-hybridized carbons (Fsp3) is 0. The lowest BCUT2D eigenvalue weighted by atomic mass is 10.2. The van der Waals surface area contributed by atoms with Gasteiger partial charge in [-0.3, -0.25) is 0 Å². The molecule has 0 aliphatic rings. The van der Waals surface area contributed by atoms with Crippen molar-refractivity contribution in [3.63, 3.8) is 0 Å². The van der Waals surface area contributed by atoms with Gasteiger partial charge >= 0.3 is 0 Å². The van der Waals surface area contributed by atoms with Gasteiger partial charge in [-0.15, -0.1) is 0 Å². The average molecular weight is 370 g/mol. The summed E-state index contributed by atoms with van der Waals surface area (Å²) in [6.07, 6.45) is 0. The lowest BCUT2D eigenvalue weighted by Gasteiger charge is -2.19. The molecule has 0 aromatic heterocycles. The largest absolute Gasteiger partial charge is 0.233 e. The van der Waals surface area contributed by atoms with Gasteiger partial charge in [0.15, 0.2) is 0 Å². The van der Waals surface area contributed by atoms with E-state index in [2.05, 4.69) is 0 Å². The van der Waals surface area contributed by atoms with Crippen LogP contribution in [0.5, 0.6) is 0 Å². The molecule has 0 heterocycles. The van der Waals surface area contributed by atoms with Crippen LogP contribution < -0.4 is 36.8 Å². The van der Waals surface area contributed by atoms with Crippen molar-refractivity contribution in [1.29, 1.82) is 0 Å². The van der Waals surface area contributed by atoms with E-state index in [-0.39, 0.29) is 20.9 Å². The van der Waals surface area contributed by atoms with Crippen LogP contribution in [0.1, 0.15) is 0 Å². The molecule has 0 amide bonds. The number of hydrogen-bond donors (Lipinski definition) is 0. The highest BCUT2D eigenvalue weighted by Crippen LogP contribution is 2.30. The van der Waals surface area contributed by atoms with E-state index in [9.17, 15) is 19.2 Å². The van der Waals surface area contributed by atoms with Crippen molar-refractivity contribution in [3.8, 4) is 0 Å². The van der Waals surface area contributed by atoms with Crippen molar-refractivity contribution in [2.45, 2.75) is 0 Å². The van der Waals surface area contributed by atoms with Gasteiger partial charge in [0.25, 0.3) is 0 Å². The van der Waals surface area contributed by atoms with Crippen LogP contribution in [0.25, 0.3) is 0 Å². The fourth-order valence-corrected chi connectivity index (χ4v) is 5.25. The Morgan fingerprint density at radius 1 is 0.556 bits per heavy atom. The summed E-state index contributed by atoms with van der Waals surface area (Å²) in [4.78, 5) is 45.8. The summed E-state index contributed by atoms with van der Waals surface area (Å²) in [5, 5.41) is 1.41. The van der Waals surface area contributed by atoms with Crippen molar-refractivity contribution in [3.05, 3.63) is 87.6 Å². The first-order valence-electron chi connectivity index (χ1n) is 7.89. The molecule has 0 aliphatic heterocycles. The lowest BCUT2D eigenvalue weighted by molar-refractivity contribution is 0.561. The van der Waals surface area contributed by atoms with Gasteiger partial charge in [-0.2, -0.15) is 0 Å². The molecule has 0 aliphatic carbocycles. The van der Waals surface area contributed by atoms with Crippen LogP contribution >= 0.6 is 7.92 Å². The third-order valence-electron chi connectivity index (χ3n) is 3.99. The summed E-state index contributed by atoms with van der Waals surface area (Å²) in [7, 11) is -1.28. The van der Waals surface area contributed by atoms with Crippen LogP contribution in [0, 0.1) is 0 Å². The molecule has 27 heavy (non-hydrogen) atoms. The molecule has 0 unspecified atom stereocenters. The van der Waals surface area contributed by atoms with Gasteiger partial charge < -0.3 is 0 Å². The zero-order chi connectivity index (χ0) is 19.2. The minimum Gasteiger partial charge on any atom is -0.233 e. The highest BCUT2D eigenvalue weighted by Gasteiger charge is 2.19. The first kappa shape index (κ1) is 18.2. The van der Waals surface area contributed by atoms with Gasteiger partial charge in [-0.25, -0.2) is 19.2 Å². The first-order valence-corrected chi connectivity index (χ1v) is 9.23. The summed E-state index contributed by atoms with van der Waals surface area (Å²) in [6, 6.07) is 20.2. The smallest absolute Gasteiger partial charge is 0.135 e. The molecule has 0 spiro atoms. The standard InChI is InChI=1S/C22H11O4P/c23-12-16-11-22(21(15-26)20(14-25)19(16)13-24)27(17-7-3-1-4-8-17)18-9-5-2-6-10-18/h1-11H. The predicted molar refractivity (Wildman–Crippen MR) is 103 cm³/mol. The van der Waals surface area contributed by atoms with E-state index < -0.39 is 7.92 Å². The van der Waals surface area contributed by atoms with Crippen molar-refractivity contribution in [2.24, 2.45) is 0 Å². The van der Waals surface area contributed by atoms with Crippen molar-refractivity contribution in [2.75, 3.05) is 0 Å². The van der Waals surface area contributed by atoms with Crippen LogP contribution in [0.2, 0.25) is 0 Å². The molecule has 4 nitrogen and oxygen atoms in total. The third-order valence-corrected chi connectivity index (χ3v) is 6.46. The molecule has 0 radical (unpaired) electrons. The monoisotopic (exact) mass is 370 g/mol. The zero-order valence-electron chi connectivity index (χ0n) is 13.9. The number of benzene rings is 3. The van der Waals surface area contributed by atoms with Crippen LogP contribution in [0.4, 0.5) is 0 Å². The van der Waals surface area contributed by atoms with Crippen LogP contribution in [-0.4, -0.2) is 23.8 Å². The predicted octanol–water partition coefficient (Wildman–Crippen LogP) is -2.54. The van der Waals surface area contributed by atoms with Crippen molar-refractivity contribution < 1.29 is 19.2 Å². The second-order valence-corrected chi connectivity index (χ2v) is 7.67. The summed E-state index contributed by atoms with van der Waals surface area (Å²) < 4.78 is 0. The van der Waals surface area contributed by atoms with E-state index in [0.29, 0.717) is 5.30 Å². The van der Waals surface area contributed by atoms with Crippen LogP contribution in [0.3, 0.4) is 0 Å². The lowest BCUT2D eigenvalue weighted by Crippen LogP contribution is -2.57. The van der Waals surface area contributed by atoms with E-state index in [1.807, 2.05) is 60.7 Å². The highest BCUT2D eigenvalue weighted by molar-refractivity contribution is 7.79. The molecule has 0 N–H and O–H groups in total. The maximum atomic E-state index is 11.7. The van der Waals surface area contributed by atoms with E-state index in [1.54, 1.807) is 17.8 Å². The minimum atomic E-state index is -1.28.